The fourth-order valence-corrected chi connectivity index (χ4v) is 3.11. The number of alkyl carbamates (subject to hydrolysis) is 1. The molecule has 5 nitrogen and oxygen atoms in total. The topological polar surface area (TPSA) is 64.6 Å². The van der Waals surface area contributed by atoms with E-state index in [0.29, 0.717) is 0 Å². The van der Waals surface area contributed by atoms with Crippen molar-refractivity contribution in [3.63, 3.8) is 0 Å². The molecule has 0 bridgehead atoms. The number of carbonyl (C=O) groups is 2. The second kappa shape index (κ2) is 7.85. The molecule has 1 amide bonds. The molecule has 1 aromatic carbocycles. The number of hydrogen-bond donors (Lipinski definition) is 1. The fraction of sp³-hybridized carbons (Fsp3) is 0.579. The molecule has 6 heteroatoms. The molecule has 1 aromatic rings. The Morgan fingerprint density at radius 3 is 2.36 bits per heavy atom. The SMILES string of the molecule is COC(=O)c1cc(C2CCC(NC(=O)OC(C)(C)C)CC2)ccc1F. The standard InChI is InChI=1S/C19H26FNO4/c1-19(2,3)25-18(23)21-14-8-5-12(6-9-14)13-7-10-16(20)15(11-13)17(22)24-4/h7,10-12,14H,5-6,8-9H2,1-4H3,(H,21,23). The van der Waals surface area contributed by atoms with E-state index in [1.165, 1.54) is 13.2 Å². The molecule has 1 aliphatic carbocycles. The van der Waals surface area contributed by atoms with Gasteiger partial charge in [-0.25, -0.2) is 14.0 Å². The lowest BCUT2D eigenvalue weighted by atomic mass is 9.81. The van der Waals surface area contributed by atoms with Crippen LogP contribution in [0.25, 0.3) is 0 Å². The van der Waals surface area contributed by atoms with Crippen LogP contribution in [-0.2, 0) is 9.47 Å². The van der Waals surface area contributed by atoms with E-state index in [2.05, 4.69) is 10.1 Å². The largest absolute Gasteiger partial charge is 0.465 e. The molecule has 25 heavy (non-hydrogen) atoms. The van der Waals surface area contributed by atoms with Crippen molar-refractivity contribution in [3.8, 4) is 0 Å². The van der Waals surface area contributed by atoms with E-state index < -0.39 is 23.5 Å². The Bertz CT molecular complexity index is 631. The molecule has 1 saturated carbocycles. The normalized spacial score (nSPS) is 20.7. The minimum atomic E-state index is -0.667. The zero-order valence-corrected chi connectivity index (χ0v) is 15.2. The Morgan fingerprint density at radius 1 is 1.16 bits per heavy atom. The summed E-state index contributed by atoms with van der Waals surface area (Å²) in [5, 5.41) is 2.90. The van der Waals surface area contributed by atoms with Crippen molar-refractivity contribution in [2.75, 3.05) is 7.11 Å². The molecule has 0 heterocycles. The molecule has 1 fully saturated rings. The average molecular weight is 351 g/mol. The number of amides is 1. The lowest BCUT2D eigenvalue weighted by molar-refractivity contribution is 0.0490. The number of esters is 1. The number of benzene rings is 1. The predicted octanol–water partition coefficient (Wildman–Crippen LogP) is 4.16. The highest BCUT2D eigenvalue weighted by atomic mass is 19.1. The molecule has 0 spiro atoms. The summed E-state index contributed by atoms with van der Waals surface area (Å²) in [5.74, 6) is -1.00. The Morgan fingerprint density at radius 2 is 1.80 bits per heavy atom. The third-order valence-electron chi connectivity index (χ3n) is 4.32. The van der Waals surface area contributed by atoms with Crippen LogP contribution in [0.15, 0.2) is 18.2 Å². The van der Waals surface area contributed by atoms with Gasteiger partial charge in [0.05, 0.1) is 12.7 Å². The molecule has 138 valence electrons. The van der Waals surface area contributed by atoms with Gasteiger partial charge in [-0.05, 0) is 70.1 Å². The van der Waals surface area contributed by atoms with E-state index in [-0.39, 0.29) is 17.5 Å². The smallest absolute Gasteiger partial charge is 0.407 e. The summed E-state index contributed by atoms with van der Waals surface area (Å²) in [6.07, 6.45) is 2.94. The molecule has 0 saturated heterocycles. The highest BCUT2D eigenvalue weighted by Gasteiger charge is 2.26. The van der Waals surface area contributed by atoms with Crippen LogP contribution in [0.3, 0.4) is 0 Å². The van der Waals surface area contributed by atoms with Gasteiger partial charge in [0.1, 0.15) is 11.4 Å². The van der Waals surface area contributed by atoms with E-state index in [1.54, 1.807) is 12.1 Å². The Balaban J connectivity index is 1.94. The summed E-state index contributed by atoms with van der Waals surface area (Å²) in [6.45, 7) is 5.49. The van der Waals surface area contributed by atoms with Crippen LogP contribution >= 0.6 is 0 Å². The maximum Gasteiger partial charge on any atom is 0.407 e. The molecular weight excluding hydrogens is 325 g/mol. The minimum Gasteiger partial charge on any atom is -0.465 e. The zero-order chi connectivity index (χ0) is 18.6. The maximum absolute atomic E-state index is 13.8. The molecule has 0 unspecified atom stereocenters. The van der Waals surface area contributed by atoms with Gasteiger partial charge in [0, 0.05) is 6.04 Å². The first-order valence-corrected chi connectivity index (χ1v) is 8.57. The predicted molar refractivity (Wildman–Crippen MR) is 92.1 cm³/mol. The summed E-state index contributed by atoms with van der Waals surface area (Å²) in [7, 11) is 1.24. The van der Waals surface area contributed by atoms with Crippen molar-refractivity contribution in [2.24, 2.45) is 0 Å². The highest BCUT2D eigenvalue weighted by Crippen LogP contribution is 2.33. The fourth-order valence-electron chi connectivity index (χ4n) is 3.11. The number of hydrogen-bond acceptors (Lipinski definition) is 4. The van der Waals surface area contributed by atoms with Gasteiger partial charge in [0.25, 0.3) is 0 Å². The first-order chi connectivity index (χ1) is 11.7. The molecule has 0 aliphatic heterocycles. The summed E-state index contributed by atoms with van der Waals surface area (Å²) >= 11 is 0. The van der Waals surface area contributed by atoms with Gasteiger partial charge in [-0.3, -0.25) is 0 Å². The average Bonchev–Trinajstić information content (AvgIpc) is 2.53. The zero-order valence-electron chi connectivity index (χ0n) is 15.2. The van der Waals surface area contributed by atoms with Crippen molar-refractivity contribution in [1.29, 1.82) is 0 Å². The summed E-state index contributed by atoms with van der Waals surface area (Å²) in [6, 6.07) is 4.68. The summed E-state index contributed by atoms with van der Waals surface area (Å²) in [5.41, 5.74) is 0.381. The lowest BCUT2D eigenvalue weighted by Gasteiger charge is -2.30. The Labute approximate surface area is 147 Å². The maximum atomic E-state index is 13.8. The van der Waals surface area contributed by atoms with Gasteiger partial charge in [-0.1, -0.05) is 6.07 Å². The number of methoxy groups -OCH3 is 1. The molecule has 0 atom stereocenters. The van der Waals surface area contributed by atoms with Crippen LogP contribution in [0.5, 0.6) is 0 Å². The van der Waals surface area contributed by atoms with E-state index in [0.717, 1.165) is 31.2 Å². The number of carbonyl (C=O) groups excluding carboxylic acids is 2. The van der Waals surface area contributed by atoms with Crippen LogP contribution in [0.4, 0.5) is 9.18 Å². The third-order valence-corrected chi connectivity index (χ3v) is 4.32. The van der Waals surface area contributed by atoms with E-state index in [4.69, 9.17) is 4.74 Å². The second-order valence-electron chi connectivity index (χ2n) is 7.43. The first-order valence-electron chi connectivity index (χ1n) is 8.57. The molecule has 0 radical (unpaired) electrons. The first kappa shape index (κ1) is 19.2. The van der Waals surface area contributed by atoms with E-state index in [9.17, 15) is 14.0 Å². The van der Waals surface area contributed by atoms with Crippen LogP contribution in [0.1, 0.15) is 68.3 Å². The van der Waals surface area contributed by atoms with Crippen molar-refractivity contribution >= 4 is 12.1 Å². The van der Waals surface area contributed by atoms with Gasteiger partial charge in [0.2, 0.25) is 0 Å². The molecule has 0 aromatic heterocycles. The number of ether oxygens (including phenoxy) is 2. The molecular formula is C19H26FNO4. The number of nitrogens with one attached hydrogen (secondary N) is 1. The highest BCUT2D eigenvalue weighted by molar-refractivity contribution is 5.89. The lowest BCUT2D eigenvalue weighted by Crippen LogP contribution is -2.40. The number of rotatable bonds is 3. The van der Waals surface area contributed by atoms with E-state index in [1.807, 2.05) is 20.8 Å². The van der Waals surface area contributed by atoms with Crippen LogP contribution < -0.4 is 5.32 Å². The minimum absolute atomic E-state index is 0.0333. The van der Waals surface area contributed by atoms with Crippen LogP contribution in [0, 0.1) is 5.82 Å². The van der Waals surface area contributed by atoms with Gasteiger partial charge in [-0.2, -0.15) is 0 Å². The summed E-state index contributed by atoms with van der Waals surface area (Å²) < 4.78 is 23.6. The van der Waals surface area contributed by atoms with Gasteiger partial charge in [0.15, 0.2) is 0 Å². The van der Waals surface area contributed by atoms with Gasteiger partial charge < -0.3 is 14.8 Å². The van der Waals surface area contributed by atoms with Gasteiger partial charge >= 0.3 is 12.1 Å². The number of halogens is 1. The van der Waals surface area contributed by atoms with Crippen LogP contribution in [-0.4, -0.2) is 30.8 Å². The van der Waals surface area contributed by atoms with Crippen LogP contribution in [0.2, 0.25) is 0 Å². The molecule has 1 N–H and O–H groups in total. The quantitative estimate of drug-likeness (QED) is 0.831. The second-order valence-corrected chi connectivity index (χ2v) is 7.43. The Hall–Kier alpha value is -2.11. The molecule has 1 aliphatic rings. The third kappa shape index (κ3) is 5.44. The Kier molecular flexibility index (Phi) is 6.03. The van der Waals surface area contributed by atoms with Crippen molar-refractivity contribution in [3.05, 3.63) is 35.1 Å². The van der Waals surface area contributed by atoms with Gasteiger partial charge in [-0.15, -0.1) is 0 Å². The van der Waals surface area contributed by atoms with E-state index >= 15 is 0 Å². The van der Waals surface area contributed by atoms with Crippen molar-refractivity contribution in [1.82, 2.24) is 5.32 Å². The summed E-state index contributed by atoms with van der Waals surface area (Å²) in [4.78, 5) is 23.5. The monoisotopic (exact) mass is 351 g/mol. The van der Waals surface area contributed by atoms with Crippen molar-refractivity contribution < 1.29 is 23.5 Å². The van der Waals surface area contributed by atoms with Crippen molar-refractivity contribution in [2.45, 2.75) is 64.0 Å². The molecule has 2 rings (SSSR count).